The van der Waals surface area contributed by atoms with Crippen molar-refractivity contribution in [3.05, 3.63) is 53.6 Å². The number of benzene rings is 2. The predicted molar refractivity (Wildman–Crippen MR) is 85.4 cm³/mol. The molecule has 0 aliphatic rings. The van der Waals surface area contributed by atoms with Crippen LogP contribution in [-0.2, 0) is 9.47 Å². The molecule has 0 aliphatic carbocycles. The molecule has 0 unspecified atom stereocenters. The Labute approximate surface area is 134 Å². The first kappa shape index (κ1) is 16.4. The summed E-state index contributed by atoms with van der Waals surface area (Å²) in [6.45, 7) is 0. The fraction of sp³-hybridized carbons (Fsp3) is 0.176. The molecule has 0 fully saturated rings. The maximum absolute atomic E-state index is 12.1. The molecule has 0 aromatic heterocycles. The van der Waals surface area contributed by atoms with E-state index in [0.717, 1.165) is 0 Å². The van der Waals surface area contributed by atoms with Crippen LogP contribution in [0.5, 0.6) is 5.75 Å². The summed E-state index contributed by atoms with van der Waals surface area (Å²) in [5, 5.41) is 3.09. The average Bonchev–Trinajstić information content (AvgIpc) is 2.60. The summed E-state index contributed by atoms with van der Waals surface area (Å²) >= 11 is 0. The number of nitrogens with one attached hydrogen (secondary N) is 1. The van der Waals surface area contributed by atoms with E-state index in [0.29, 0.717) is 17.1 Å². The third-order valence-corrected chi connectivity index (χ3v) is 3.21. The first-order valence-electron chi connectivity index (χ1n) is 6.81. The van der Waals surface area contributed by atoms with E-state index in [9.17, 15) is 9.59 Å². The molecule has 0 heterocycles. The molecule has 0 amide bonds. The fourth-order valence-corrected chi connectivity index (χ4v) is 2.11. The van der Waals surface area contributed by atoms with Gasteiger partial charge in [-0.1, -0.05) is 12.1 Å². The lowest BCUT2D eigenvalue weighted by Gasteiger charge is -2.14. The summed E-state index contributed by atoms with van der Waals surface area (Å²) < 4.78 is 14.7. The molecule has 0 spiro atoms. The van der Waals surface area contributed by atoms with Gasteiger partial charge in [0.15, 0.2) is 0 Å². The van der Waals surface area contributed by atoms with Crippen LogP contribution >= 0.6 is 0 Å². The van der Waals surface area contributed by atoms with Crippen molar-refractivity contribution in [3.8, 4) is 5.75 Å². The maximum Gasteiger partial charge on any atom is 0.340 e. The van der Waals surface area contributed by atoms with Gasteiger partial charge in [0.2, 0.25) is 0 Å². The number of carbonyl (C=O) groups excluding carboxylic acids is 2. The number of ether oxygens (including phenoxy) is 3. The summed E-state index contributed by atoms with van der Waals surface area (Å²) in [5.41, 5.74) is 1.39. The summed E-state index contributed by atoms with van der Waals surface area (Å²) in [6.07, 6.45) is 0. The van der Waals surface area contributed by atoms with Crippen LogP contribution in [0.1, 0.15) is 20.7 Å². The lowest BCUT2D eigenvalue weighted by molar-refractivity contribution is 0.0556. The van der Waals surface area contributed by atoms with E-state index < -0.39 is 11.9 Å². The van der Waals surface area contributed by atoms with E-state index in [1.807, 2.05) is 12.1 Å². The molecular formula is C17H17NO5. The zero-order valence-electron chi connectivity index (χ0n) is 13.1. The zero-order valence-corrected chi connectivity index (χ0v) is 13.1. The van der Waals surface area contributed by atoms with Gasteiger partial charge in [0.1, 0.15) is 5.75 Å². The van der Waals surface area contributed by atoms with Gasteiger partial charge in [-0.3, -0.25) is 0 Å². The molecule has 120 valence electrons. The van der Waals surface area contributed by atoms with E-state index in [-0.39, 0.29) is 11.1 Å². The van der Waals surface area contributed by atoms with E-state index >= 15 is 0 Å². The molecule has 2 aromatic rings. The molecule has 6 nitrogen and oxygen atoms in total. The van der Waals surface area contributed by atoms with Crippen molar-refractivity contribution in [2.45, 2.75) is 0 Å². The van der Waals surface area contributed by atoms with E-state index in [1.54, 1.807) is 31.4 Å². The Hall–Kier alpha value is -3.02. The molecule has 0 radical (unpaired) electrons. The van der Waals surface area contributed by atoms with Crippen LogP contribution in [0.15, 0.2) is 42.5 Å². The number of hydrogen-bond donors (Lipinski definition) is 1. The highest BCUT2D eigenvalue weighted by atomic mass is 16.5. The molecule has 0 atom stereocenters. The van der Waals surface area contributed by atoms with Crippen LogP contribution in [0, 0.1) is 0 Å². The topological polar surface area (TPSA) is 73.9 Å². The Kier molecular flexibility index (Phi) is 5.19. The third kappa shape index (κ3) is 3.60. The van der Waals surface area contributed by atoms with Crippen molar-refractivity contribution in [2.24, 2.45) is 0 Å². The Morgan fingerprint density at radius 3 is 2.26 bits per heavy atom. The van der Waals surface area contributed by atoms with E-state index in [1.165, 1.54) is 20.3 Å². The van der Waals surface area contributed by atoms with Gasteiger partial charge in [-0.2, -0.15) is 0 Å². The average molecular weight is 315 g/mol. The predicted octanol–water partition coefficient (Wildman–Crippen LogP) is 3.01. The number of hydrogen-bond acceptors (Lipinski definition) is 6. The van der Waals surface area contributed by atoms with Gasteiger partial charge in [0, 0.05) is 11.8 Å². The first-order chi connectivity index (χ1) is 11.1. The lowest BCUT2D eigenvalue weighted by atomic mass is 10.0. The minimum Gasteiger partial charge on any atom is -0.497 e. The van der Waals surface area contributed by atoms with Crippen molar-refractivity contribution in [2.75, 3.05) is 26.6 Å². The fourth-order valence-electron chi connectivity index (χ4n) is 2.11. The number of carbonyl (C=O) groups is 2. The Balaban J connectivity index is 2.48. The molecule has 1 N–H and O–H groups in total. The minimum absolute atomic E-state index is 0.115. The molecule has 2 aromatic carbocycles. The molecular weight excluding hydrogens is 298 g/mol. The summed E-state index contributed by atoms with van der Waals surface area (Å²) in [5.74, 6) is -0.574. The van der Waals surface area contributed by atoms with Crippen molar-refractivity contribution in [1.82, 2.24) is 0 Å². The van der Waals surface area contributed by atoms with Crippen LogP contribution in [0.4, 0.5) is 11.4 Å². The van der Waals surface area contributed by atoms with Gasteiger partial charge in [-0.15, -0.1) is 0 Å². The van der Waals surface area contributed by atoms with E-state index in [2.05, 4.69) is 5.32 Å². The highest BCUT2D eigenvalue weighted by Gasteiger charge is 2.22. The molecule has 23 heavy (non-hydrogen) atoms. The number of esters is 2. The van der Waals surface area contributed by atoms with Crippen molar-refractivity contribution < 1.29 is 23.8 Å². The zero-order chi connectivity index (χ0) is 16.8. The lowest BCUT2D eigenvalue weighted by Crippen LogP contribution is -2.14. The standard InChI is InChI=1S/C17H17NO5/c1-21-12-7-4-6-11(10-12)18-14-9-5-8-13(16(19)22-2)15(14)17(20)23-3/h4-10,18H,1-3H3. The maximum atomic E-state index is 12.1. The molecule has 2 rings (SSSR count). The van der Waals surface area contributed by atoms with E-state index in [4.69, 9.17) is 14.2 Å². The minimum atomic E-state index is -0.628. The van der Waals surface area contributed by atoms with Crippen molar-refractivity contribution in [1.29, 1.82) is 0 Å². The highest BCUT2D eigenvalue weighted by Crippen LogP contribution is 2.27. The Bertz CT molecular complexity index is 727. The van der Waals surface area contributed by atoms with Crippen molar-refractivity contribution in [3.63, 3.8) is 0 Å². The van der Waals surface area contributed by atoms with Crippen LogP contribution in [0.25, 0.3) is 0 Å². The summed E-state index contributed by atoms with van der Waals surface area (Å²) in [7, 11) is 4.08. The number of methoxy groups -OCH3 is 3. The number of rotatable bonds is 5. The second kappa shape index (κ2) is 7.31. The van der Waals surface area contributed by atoms with Gasteiger partial charge >= 0.3 is 11.9 Å². The molecule has 0 saturated carbocycles. The molecule has 0 saturated heterocycles. The monoisotopic (exact) mass is 315 g/mol. The smallest absolute Gasteiger partial charge is 0.340 e. The normalized spacial score (nSPS) is 9.87. The highest BCUT2D eigenvalue weighted by molar-refractivity contribution is 6.07. The van der Waals surface area contributed by atoms with Gasteiger partial charge < -0.3 is 19.5 Å². The Morgan fingerprint density at radius 2 is 1.61 bits per heavy atom. The quantitative estimate of drug-likeness (QED) is 0.855. The Morgan fingerprint density at radius 1 is 0.913 bits per heavy atom. The SMILES string of the molecule is COC(=O)c1cccc(Nc2cccc(OC)c2)c1C(=O)OC. The van der Waals surface area contributed by atoms with Gasteiger partial charge in [0.05, 0.1) is 38.1 Å². The summed E-state index contributed by atoms with van der Waals surface area (Å²) in [4.78, 5) is 24.0. The second-order valence-corrected chi connectivity index (χ2v) is 4.57. The van der Waals surface area contributed by atoms with Crippen LogP contribution in [-0.4, -0.2) is 33.3 Å². The van der Waals surface area contributed by atoms with Crippen molar-refractivity contribution >= 4 is 23.3 Å². The molecule has 6 heteroatoms. The van der Waals surface area contributed by atoms with Crippen LogP contribution < -0.4 is 10.1 Å². The number of anilines is 2. The molecule has 0 bridgehead atoms. The third-order valence-electron chi connectivity index (χ3n) is 3.21. The largest absolute Gasteiger partial charge is 0.497 e. The van der Waals surface area contributed by atoms with Crippen LogP contribution in [0.2, 0.25) is 0 Å². The van der Waals surface area contributed by atoms with Gasteiger partial charge in [-0.05, 0) is 24.3 Å². The first-order valence-corrected chi connectivity index (χ1v) is 6.81. The summed E-state index contributed by atoms with van der Waals surface area (Å²) in [6, 6.07) is 12.0. The van der Waals surface area contributed by atoms with Crippen LogP contribution in [0.3, 0.4) is 0 Å². The van der Waals surface area contributed by atoms with Gasteiger partial charge in [0.25, 0.3) is 0 Å². The second-order valence-electron chi connectivity index (χ2n) is 4.57. The van der Waals surface area contributed by atoms with Gasteiger partial charge in [-0.25, -0.2) is 9.59 Å². The molecule has 0 aliphatic heterocycles.